The van der Waals surface area contributed by atoms with Crippen molar-refractivity contribution in [2.24, 2.45) is 0 Å². The molecule has 7 heteroatoms. The minimum atomic E-state index is -4.52. The van der Waals surface area contributed by atoms with Gasteiger partial charge in [-0.05, 0) is 30.0 Å². The Morgan fingerprint density at radius 2 is 1.54 bits per heavy atom. The largest absolute Gasteiger partial charge is 0.481 e. The molecule has 148 valence electrons. The topological polar surface area (TPSA) is 57.6 Å². The van der Waals surface area contributed by atoms with Gasteiger partial charge in [0.05, 0.1) is 17.4 Å². The van der Waals surface area contributed by atoms with Crippen LogP contribution < -0.4 is 0 Å². The van der Waals surface area contributed by atoms with Crippen molar-refractivity contribution in [3.63, 3.8) is 0 Å². The number of nitrogens with zero attached hydrogens (tertiary/aromatic N) is 1. The summed E-state index contributed by atoms with van der Waals surface area (Å²) in [6, 6.07) is 13.9. The van der Waals surface area contributed by atoms with Crippen LogP contribution in [0.25, 0.3) is 0 Å². The molecule has 0 bridgehead atoms. The lowest BCUT2D eigenvalue weighted by Crippen LogP contribution is -2.49. The highest BCUT2D eigenvalue weighted by atomic mass is 19.4. The van der Waals surface area contributed by atoms with Crippen molar-refractivity contribution >= 4 is 11.9 Å². The second-order valence-electron chi connectivity index (χ2n) is 6.97. The summed E-state index contributed by atoms with van der Waals surface area (Å²) in [4.78, 5) is 26.0. The molecule has 1 heterocycles. The van der Waals surface area contributed by atoms with Crippen LogP contribution >= 0.6 is 0 Å². The third-order valence-corrected chi connectivity index (χ3v) is 5.37. The highest BCUT2D eigenvalue weighted by molar-refractivity contribution is 5.83. The molecule has 2 aromatic rings. The van der Waals surface area contributed by atoms with Gasteiger partial charge in [-0.15, -0.1) is 0 Å². The highest BCUT2D eigenvalue weighted by Crippen LogP contribution is 2.36. The minimum Gasteiger partial charge on any atom is -0.481 e. The molecule has 4 nitrogen and oxygen atoms in total. The molecule has 1 fully saturated rings. The van der Waals surface area contributed by atoms with Gasteiger partial charge in [-0.25, -0.2) is 0 Å². The Balaban J connectivity index is 1.73. The van der Waals surface area contributed by atoms with E-state index in [-0.39, 0.29) is 37.9 Å². The summed E-state index contributed by atoms with van der Waals surface area (Å²) in [6.07, 6.45) is -4.44. The molecule has 0 aromatic heterocycles. The lowest BCUT2D eigenvalue weighted by Gasteiger charge is -2.39. The number of amides is 1. The number of hydrogen-bond acceptors (Lipinski definition) is 2. The smallest absolute Gasteiger partial charge is 0.416 e. The number of carbonyl (C=O) groups is 2. The molecule has 2 aromatic carbocycles. The third-order valence-electron chi connectivity index (χ3n) is 5.37. The van der Waals surface area contributed by atoms with Crippen LogP contribution in [0.2, 0.25) is 0 Å². The first-order chi connectivity index (χ1) is 13.2. The van der Waals surface area contributed by atoms with E-state index < -0.39 is 29.0 Å². The maximum absolute atomic E-state index is 13.1. The van der Waals surface area contributed by atoms with Crippen LogP contribution in [0.4, 0.5) is 13.2 Å². The lowest BCUT2D eigenvalue weighted by molar-refractivity contribution is -0.148. The summed E-state index contributed by atoms with van der Waals surface area (Å²) in [5.41, 5.74) is -1.29. The van der Waals surface area contributed by atoms with Crippen molar-refractivity contribution in [3.8, 4) is 0 Å². The zero-order valence-electron chi connectivity index (χ0n) is 15.1. The van der Waals surface area contributed by atoms with Crippen LogP contribution in [0.1, 0.15) is 29.5 Å². The van der Waals surface area contributed by atoms with Crippen molar-refractivity contribution in [2.45, 2.75) is 30.9 Å². The zero-order chi connectivity index (χ0) is 20.4. The number of carboxylic acid groups (broad SMARTS) is 1. The molecule has 28 heavy (non-hydrogen) atoms. The van der Waals surface area contributed by atoms with Gasteiger partial charge in [-0.1, -0.05) is 48.5 Å². The van der Waals surface area contributed by atoms with Crippen LogP contribution in [-0.4, -0.2) is 35.0 Å². The Kier molecular flexibility index (Phi) is 5.45. The number of rotatable bonds is 4. The van der Waals surface area contributed by atoms with Crippen LogP contribution in [0, 0.1) is 0 Å². The van der Waals surface area contributed by atoms with Crippen LogP contribution in [-0.2, 0) is 27.6 Å². The van der Waals surface area contributed by atoms with E-state index in [1.807, 2.05) is 0 Å². The summed E-state index contributed by atoms with van der Waals surface area (Å²) >= 11 is 0. The van der Waals surface area contributed by atoms with Gasteiger partial charge >= 0.3 is 12.1 Å². The molecule has 0 saturated carbocycles. The maximum Gasteiger partial charge on any atom is 0.416 e. The van der Waals surface area contributed by atoms with Gasteiger partial charge in [-0.2, -0.15) is 13.2 Å². The standard InChI is InChI=1S/C21H20F3NO3/c22-21(23,24)17-9-5-4-6-15(17)14-18(26)25-12-10-20(11-13-25,19(27)28)16-7-2-1-3-8-16/h1-9H,10-14H2,(H,27,28). The van der Waals surface area contributed by atoms with Gasteiger partial charge in [0.25, 0.3) is 0 Å². The molecule has 1 saturated heterocycles. The van der Waals surface area contributed by atoms with Gasteiger partial charge in [0.2, 0.25) is 5.91 Å². The quantitative estimate of drug-likeness (QED) is 0.860. The zero-order valence-corrected chi connectivity index (χ0v) is 15.1. The van der Waals surface area contributed by atoms with Gasteiger partial charge in [0.1, 0.15) is 0 Å². The third kappa shape index (κ3) is 3.88. The summed E-state index contributed by atoms with van der Waals surface area (Å²) in [7, 11) is 0. The first kappa shape index (κ1) is 19.9. The Labute approximate surface area is 160 Å². The molecule has 1 aliphatic rings. The molecule has 0 unspecified atom stereocenters. The minimum absolute atomic E-state index is 0.0712. The van der Waals surface area contributed by atoms with Crippen molar-refractivity contribution in [2.75, 3.05) is 13.1 Å². The van der Waals surface area contributed by atoms with Gasteiger partial charge < -0.3 is 10.0 Å². The van der Waals surface area contributed by atoms with E-state index in [1.54, 1.807) is 30.3 Å². The average Bonchev–Trinajstić information content (AvgIpc) is 2.68. The molecule has 1 amide bonds. The number of carboxylic acids is 1. The summed E-state index contributed by atoms with van der Waals surface area (Å²) in [6.45, 7) is 0.377. The molecule has 0 spiro atoms. The van der Waals surface area contributed by atoms with Crippen molar-refractivity contribution in [1.29, 1.82) is 0 Å². The maximum atomic E-state index is 13.1. The van der Waals surface area contributed by atoms with Gasteiger partial charge in [0, 0.05) is 13.1 Å². The molecule has 0 aliphatic carbocycles. The number of hydrogen-bond donors (Lipinski definition) is 1. The number of halogens is 3. The molecule has 0 atom stereocenters. The lowest BCUT2D eigenvalue weighted by atomic mass is 9.73. The number of carbonyl (C=O) groups excluding carboxylic acids is 1. The Hall–Kier alpha value is -2.83. The Morgan fingerprint density at radius 1 is 0.964 bits per heavy atom. The molecule has 3 rings (SSSR count). The van der Waals surface area contributed by atoms with Crippen molar-refractivity contribution in [1.82, 2.24) is 4.90 Å². The van der Waals surface area contributed by atoms with E-state index >= 15 is 0 Å². The first-order valence-corrected chi connectivity index (χ1v) is 8.96. The molecule has 0 radical (unpaired) electrons. The monoisotopic (exact) mass is 391 g/mol. The second kappa shape index (κ2) is 7.66. The summed E-state index contributed by atoms with van der Waals surface area (Å²) in [5, 5.41) is 9.80. The van der Waals surface area contributed by atoms with E-state index in [9.17, 15) is 27.9 Å². The summed E-state index contributed by atoms with van der Waals surface area (Å²) in [5.74, 6) is -1.38. The predicted molar refractivity (Wildman–Crippen MR) is 96.7 cm³/mol. The van der Waals surface area contributed by atoms with Crippen LogP contribution in [0.3, 0.4) is 0 Å². The Bertz CT molecular complexity index is 857. The second-order valence-corrected chi connectivity index (χ2v) is 6.97. The molecular weight excluding hydrogens is 371 g/mol. The fourth-order valence-corrected chi connectivity index (χ4v) is 3.75. The average molecular weight is 391 g/mol. The number of alkyl halides is 3. The fraction of sp³-hybridized carbons (Fsp3) is 0.333. The molecule has 1 N–H and O–H groups in total. The first-order valence-electron chi connectivity index (χ1n) is 8.96. The van der Waals surface area contributed by atoms with E-state index in [4.69, 9.17) is 0 Å². The predicted octanol–water partition coefficient (Wildman–Crippen LogP) is 3.89. The molecule has 1 aliphatic heterocycles. The molecular formula is C21H20F3NO3. The summed E-state index contributed by atoms with van der Waals surface area (Å²) < 4.78 is 39.4. The van der Waals surface area contributed by atoms with Crippen molar-refractivity contribution < 1.29 is 27.9 Å². The number of aliphatic carboxylic acids is 1. The van der Waals surface area contributed by atoms with Gasteiger partial charge in [0.15, 0.2) is 0 Å². The van der Waals surface area contributed by atoms with E-state index in [1.165, 1.54) is 23.1 Å². The fourth-order valence-electron chi connectivity index (χ4n) is 3.75. The highest BCUT2D eigenvalue weighted by Gasteiger charge is 2.44. The number of likely N-dealkylation sites (tertiary alicyclic amines) is 1. The normalized spacial score (nSPS) is 16.6. The van der Waals surface area contributed by atoms with Crippen LogP contribution in [0.15, 0.2) is 54.6 Å². The van der Waals surface area contributed by atoms with E-state index in [0.29, 0.717) is 5.56 Å². The van der Waals surface area contributed by atoms with Gasteiger partial charge in [-0.3, -0.25) is 9.59 Å². The number of benzene rings is 2. The van der Waals surface area contributed by atoms with E-state index in [2.05, 4.69) is 0 Å². The number of piperidine rings is 1. The van der Waals surface area contributed by atoms with Crippen LogP contribution in [0.5, 0.6) is 0 Å². The SMILES string of the molecule is O=C(Cc1ccccc1C(F)(F)F)N1CCC(C(=O)O)(c2ccccc2)CC1. The van der Waals surface area contributed by atoms with E-state index in [0.717, 1.165) is 6.07 Å². The Morgan fingerprint density at radius 3 is 2.11 bits per heavy atom. The van der Waals surface area contributed by atoms with Crippen molar-refractivity contribution in [3.05, 3.63) is 71.3 Å².